The zero-order valence-corrected chi connectivity index (χ0v) is 19.4. The number of fused-ring (bicyclic) bond motifs is 5. The molecule has 1 N–H and O–H groups in total. The van der Waals surface area contributed by atoms with Crippen molar-refractivity contribution in [1.82, 2.24) is 9.47 Å². The average molecular weight is 471 g/mol. The van der Waals surface area contributed by atoms with E-state index in [1.807, 2.05) is 41.0 Å². The summed E-state index contributed by atoms with van der Waals surface area (Å²) >= 11 is 0. The molecule has 0 radical (unpaired) electrons. The molecule has 2 aromatic carbocycles. The normalized spacial score (nSPS) is 19.5. The molecular formula is C28H26N2O5. The quantitative estimate of drug-likeness (QED) is 0.455. The van der Waals surface area contributed by atoms with Gasteiger partial charge in [-0.15, -0.1) is 0 Å². The van der Waals surface area contributed by atoms with E-state index in [1.54, 1.807) is 31.4 Å². The van der Waals surface area contributed by atoms with Crippen molar-refractivity contribution in [2.75, 3.05) is 20.2 Å². The molecule has 0 spiro atoms. The highest BCUT2D eigenvalue weighted by Gasteiger charge is 2.35. The van der Waals surface area contributed by atoms with Gasteiger partial charge >= 0.3 is 5.63 Å². The molecule has 1 fully saturated rings. The third kappa shape index (κ3) is 3.82. The highest BCUT2D eigenvalue weighted by Crippen LogP contribution is 2.37. The van der Waals surface area contributed by atoms with Gasteiger partial charge in [-0.2, -0.15) is 0 Å². The van der Waals surface area contributed by atoms with Crippen LogP contribution in [0.2, 0.25) is 0 Å². The van der Waals surface area contributed by atoms with E-state index in [9.17, 15) is 14.7 Å². The highest BCUT2D eigenvalue weighted by atomic mass is 16.5. The number of hydrogen-bond acceptors (Lipinski definition) is 6. The molecule has 0 amide bonds. The van der Waals surface area contributed by atoms with Crippen molar-refractivity contribution in [2.45, 2.75) is 25.4 Å². The van der Waals surface area contributed by atoms with Crippen LogP contribution < -0.4 is 15.9 Å². The predicted molar refractivity (Wildman–Crippen MR) is 133 cm³/mol. The number of aromatic nitrogens is 1. The van der Waals surface area contributed by atoms with Crippen LogP contribution in [0.5, 0.6) is 11.5 Å². The molecule has 1 unspecified atom stereocenters. The van der Waals surface area contributed by atoms with Crippen molar-refractivity contribution in [3.63, 3.8) is 0 Å². The van der Waals surface area contributed by atoms with Crippen LogP contribution in [0.25, 0.3) is 22.1 Å². The second kappa shape index (κ2) is 8.43. The van der Waals surface area contributed by atoms with Crippen LogP contribution in [0.1, 0.15) is 23.6 Å². The van der Waals surface area contributed by atoms with Gasteiger partial charge in [-0.3, -0.25) is 9.69 Å². The fourth-order valence-electron chi connectivity index (χ4n) is 5.72. The number of methoxy groups -OCH3 is 1. The molecule has 6 rings (SSSR count). The first-order chi connectivity index (χ1) is 17.0. The van der Waals surface area contributed by atoms with Crippen molar-refractivity contribution >= 4 is 11.0 Å². The fraction of sp³-hybridized carbons (Fsp3) is 0.286. The average Bonchev–Trinajstić information content (AvgIpc) is 2.86. The number of aromatic hydroxyl groups is 1. The summed E-state index contributed by atoms with van der Waals surface area (Å²) in [5.41, 5.74) is 2.87. The van der Waals surface area contributed by atoms with Crippen molar-refractivity contribution in [3.8, 4) is 22.6 Å². The summed E-state index contributed by atoms with van der Waals surface area (Å²) in [6.45, 7) is 2.78. The van der Waals surface area contributed by atoms with E-state index in [4.69, 9.17) is 9.15 Å². The van der Waals surface area contributed by atoms with Gasteiger partial charge in [0.2, 0.25) is 0 Å². The first-order valence-electron chi connectivity index (χ1n) is 11.9. The third-order valence-corrected chi connectivity index (χ3v) is 7.30. The number of rotatable bonds is 4. The van der Waals surface area contributed by atoms with E-state index in [2.05, 4.69) is 4.90 Å². The van der Waals surface area contributed by atoms with Gasteiger partial charge in [-0.05, 0) is 54.3 Å². The number of ether oxygens (including phenoxy) is 1. The molecular weight excluding hydrogens is 444 g/mol. The molecule has 4 heterocycles. The summed E-state index contributed by atoms with van der Waals surface area (Å²) in [4.78, 5) is 27.6. The number of phenols is 1. The minimum Gasteiger partial charge on any atom is -0.507 e. The molecule has 1 saturated heterocycles. The van der Waals surface area contributed by atoms with Gasteiger partial charge in [0.1, 0.15) is 17.1 Å². The maximum Gasteiger partial charge on any atom is 0.344 e. The van der Waals surface area contributed by atoms with Crippen LogP contribution >= 0.6 is 0 Å². The van der Waals surface area contributed by atoms with Crippen LogP contribution in [0.15, 0.2) is 74.7 Å². The molecule has 7 nitrogen and oxygen atoms in total. The molecule has 0 saturated carbocycles. The van der Waals surface area contributed by atoms with E-state index in [-0.39, 0.29) is 17.2 Å². The van der Waals surface area contributed by atoms with E-state index in [0.717, 1.165) is 30.6 Å². The van der Waals surface area contributed by atoms with Crippen molar-refractivity contribution in [3.05, 3.63) is 92.7 Å². The molecule has 35 heavy (non-hydrogen) atoms. The lowest BCUT2D eigenvalue weighted by Gasteiger charge is -2.42. The minimum atomic E-state index is -0.457. The maximum atomic E-state index is 13.0. The monoisotopic (exact) mass is 470 g/mol. The summed E-state index contributed by atoms with van der Waals surface area (Å²) in [6.07, 6.45) is 1.06. The summed E-state index contributed by atoms with van der Waals surface area (Å²) in [5.74, 6) is 1.40. The van der Waals surface area contributed by atoms with Gasteiger partial charge in [0, 0.05) is 49.2 Å². The van der Waals surface area contributed by atoms with E-state index in [0.29, 0.717) is 47.0 Å². The van der Waals surface area contributed by atoms with Crippen LogP contribution in [0.3, 0.4) is 0 Å². The highest BCUT2D eigenvalue weighted by molar-refractivity contribution is 5.85. The first-order valence-corrected chi connectivity index (χ1v) is 11.9. The van der Waals surface area contributed by atoms with Crippen molar-refractivity contribution in [2.24, 2.45) is 5.92 Å². The van der Waals surface area contributed by atoms with Gasteiger partial charge in [0.15, 0.2) is 0 Å². The molecule has 7 heteroatoms. The Hall–Kier alpha value is -3.84. The summed E-state index contributed by atoms with van der Waals surface area (Å²) in [5, 5.41) is 11.5. The molecule has 2 aromatic heterocycles. The number of hydrogen-bond donors (Lipinski definition) is 1. The lowest BCUT2D eigenvalue weighted by Crippen LogP contribution is -2.46. The topological polar surface area (TPSA) is 84.9 Å². The largest absolute Gasteiger partial charge is 0.507 e. The maximum absolute atomic E-state index is 13.0. The van der Waals surface area contributed by atoms with Crippen LogP contribution in [-0.2, 0) is 13.1 Å². The molecule has 178 valence electrons. The Kier molecular flexibility index (Phi) is 5.22. The Morgan fingerprint density at radius 1 is 1.03 bits per heavy atom. The summed E-state index contributed by atoms with van der Waals surface area (Å²) in [6, 6.07) is 18.0. The predicted octanol–water partition coefficient (Wildman–Crippen LogP) is 3.96. The van der Waals surface area contributed by atoms with Gasteiger partial charge in [0.25, 0.3) is 5.56 Å². The lowest BCUT2D eigenvalue weighted by atomic mass is 9.83. The molecule has 0 aliphatic carbocycles. The number of nitrogens with zero attached hydrogens (tertiary/aromatic N) is 2. The zero-order chi connectivity index (χ0) is 24.1. The Labute approximate surface area is 201 Å². The molecule has 2 atom stereocenters. The first kappa shape index (κ1) is 21.7. The third-order valence-electron chi connectivity index (χ3n) is 7.30. The van der Waals surface area contributed by atoms with Crippen molar-refractivity contribution < 1.29 is 14.3 Å². The number of phenolic OH excluding ortho intramolecular Hbond substituents is 1. The van der Waals surface area contributed by atoms with Gasteiger partial charge in [0.05, 0.1) is 18.2 Å². The number of benzene rings is 2. The van der Waals surface area contributed by atoms with Crippen molar-refractivity contribution in [1.29, 1.82) is 0 Å². The van der Waals surface area contributed by atoms with Crippen LogP contribution in [-0.4, -0.2) is 34.8 Å². The zero-order valence-electron chi connectivity index (χ0n) is 19.4. The van der Waals surface area contributed by atoms with Crippen LogP contribution in [0.4, 0.5) is 0 Å². The molecule has 2 aliphatic heterocycles. The number of piperidine rings is 1. The molecule has 2 bridgehead atoms. The van der Waals surface area contributed by atoms with Gasteiger partial charge in [-0.1, -0.05) is 18.2 Å². The second-order valence-electron chi connectivity index (χ2n) is 9.55. The summed E-state index contributed by atoms with van der Waals surface area (Å²) < 4.78 is 13.0. The van der Waals surface area contributed by atoms with Gasteiger partial charge < -0.3 is 18.8 Å². The van der Waals surface area contributed by atoms with E-state index < -0.39 is 5.63 Å². The Morgan fingerprint density at radius 2 is 1.89 bits per heavy atom. The van der Waals surface area contributed by atoms with E-state index in [1.165, 1.54) is 0 Å². The molecule has 2 aliphatic rings. The Balaban J connectivity index is 1.35. The Bertz CT molecular complexity index is 1550. The SMILES string of the molecule is COc1cccc(-c2cc3ccc(O)c(CN4CC5C[C@H](C4)Cn4c5cccc4=O)c3oc2=O)c1. The number of likely N-dealkylation sites (tertiary alicyclic amines) is 1. The summed E-state index contributed by atoms with van der Waals surface area (Å²) in [7, 11) is 1.59. The van der Waals surface area contributed by atoms with Gasteiger partial charge in [-0.25, -0.2) is 4.79 Å². The fourth-order valence-corrected chi connectivity index (χ4v) is 5.72. The lowest BCUT2D eigenvalue weighted by molar-refractivity contribution is 0.113. The minimum absolute atomic E-state index is 0.0611. The van der Waals surface area contributed by atoms with E-state index >= 15 is 0 Å². The smallest absolute Gasteiger partial charge is 0.344 e. The van der Waals surface area contributed by atoms with Crippen LogP contribution in [0, 0.1) is 5.92 Å². The Morgan fingerprint density at radius 3 is 2.74 bits per heavy atom. The second-order valence-corrected chi connectivity index (χ2v) is 9.55. The standard InChI is InChI=1S/C28H26N2O5/c1-34-21-5-2-4-18(11-21)22-12-19-8-9-25(31)23(27(19)35-28(22)33)16-29-13-17-10-20(15-29)24-6-3-7-26(32)30(24)14-17/h2-9,11-12,17,20,31H,10,13-16H2,1H3/t17-,20?/m1/s1. The number of pyridine rings is 1. The molecule has 4 aromatic rings.